The third kappa shape index (κ3) is 4.18. The number of hydrogen-bond acceptors (Lipinski definition) is 1. The van der Waals surface area contributed by atoms with Crippen LogP contribution in [-0.2, 0) is 11.3 Å². The Balaban J connectivity index is 0.00000192. The van der Waals surface area contributed by atoms with E-state index >= 15 is 0 Å². The number of hydrogen-bond donors (Lipinski definition) is 1. The second kappa shape index (κ2) is 7.56. The second-order valence-corrected chi connectivity index (χ2v) is 5.17. The lowest BCUT2D eigenvalue weighted by Gasteiger charge is -2.01. The molecule has 0 aliphatic carbocycles. The lowest BCUT2D eigenvalue weighted by Crippen LogP contribution is -3.00. The molecule has 2 aromatic carbocycles. The zero-order chi connectivity index (χ0) is 15.4. The minimum absolute atomic E-state index is 0. The first kappa shape index (κ1) is 16.7. The van der Waals surface area contributed by atoms with Crippen molar-refractivity contribution in [3.63, 3.8) is 0 Å². The molecule has 1 amide bonds. The summed E-state index contributed by atoms with van der Waals surface area (Å²) in [6, 6.07) is 18.5. The van der Waals surface area contributed by atoms with E-state index in [4.69, 9.17) is 5.73 Å². The zero-order valence-electron chi connectivity index (χ0n) is 12.5. The van der Waals surface area contributed by atoms with Crippen molar-refractivity contribution >= 4 is 28.8 Å². The molecule has 0 bridgehead atoms. The molecular weight excluding hydrogens is 308 g/mol. The fourth-order valence-corrected chi connectivity index (χ4v) is 2.45. The topological polar surface area (TPSA) is 47.0 Å². The van der Waals surface area contributed by atoms with Gasteiger partial charge in [0, 0.05) is 12.1 Å². The van der Waals surface area contributed by atoms with Gasteiger partial charge in [-0.15, -0.1) is 0 Å². The maximum atomic E-state index is 10.9. The molecule has 4 heteroatoms. The number of halogens is 1. The molecule has 0 spiro atoms. The second-order valence-electron chi connectivity index (χ2n) is 5.17. The Bertz CT molecular complexity index is 836. The van der Waals surface area contributed by atoms with Gasteiger partial charge in [-0.25, -0.2) is 0 Å². The molecule has 0 unspecified atom stereocenters. The molecule has 3 rings (SSSR count). The van der Waals surface area contributed by atoms with Gasteiger partial charge in [0.05, 0.1) is 0 Å². The van der Waals surface area contributed by atoms with Crippen LogP contribution in [0, 0.1) is 0 Å². The molecule has 23 heavy (non-hydrogen) atoms. The minimum Gasteiger partial charge on any atom is -1.00 e. The number of benzene rings is 2. The molecule has 0 atom stereocenters. The first-order valence-corrected chi connectivity index (χ1v) is 7.16. The van der Waals surface area contributed by atoms with Gasteiger partial charge >= 0.3 is 0 Å². The number of primary amides is 1. The molecule has 2 N–H and O–H groups in total. The number of amides is 1. The summed E-state index contributed by atoms with van der Waals surface area (Å²) in [5.41, 5.74) is 7.44. The minimum atomic E-state index is -0.343. The molecule has 3 aromatic rings. The largest absolute Gasteiger partial charge is 1.00 e. The van der Waals surface area contributed by atoms with E-state index in [1.54, 1.807) is 4.57 Å². The molecule has 0 radical (unpaired) electrons. The molecule has 0 aliphatic heterocycles. The van der Waals surface area contributed by atoms with E-state index in [0.717, 1.165) is 5.56 Å². The highest BCUT2D eigenvalue weighted by atomic mass is 35.5. The number of fused-ring (bicyclic) bond motifs is 1. The summed E-state index contributed by atoms with van der Waals surface area (Å²) >= 11 is 0. The van der Waals surface area contributed by atoms with Crippen molar-refractivity contribution in [2.45, 2.75) is 6.54 Å². The fraction of sp³-hybridized carbons (Fsp3) is 0.0526. The van der Waals surface area contributed by atoms with Crippen LogP contribution in [0.3, 0.4) is 0 Å². The van der Waals surface area contributed by atoms with Crippen LogP contribution in [0.5, 0.6) is 0 Å². The van der Waals surface area contributed by atoms with Crippen LogP contribution in [0.2, 0.25) is 0 Å². The first-order chi connectivity index (χ1) is 10.7. The molecule has 0 saturated carbocycles. The van der Waals surface area contributed by atoms with Crippen molar-refractivity contribution in [2.24, 2.45) is 5.73 Å². The van der Waals surface area contributed by atoms with E-state index in [1.165, 1.54) is 16.3 Å². The van der Waals surface area contributed by atoms with Crippen molar-refractivity contribution < 1.29 is 21.8 Å². The number of carbonyl (C=O) groups is 1. The number of nitrogens with two attached hydrogens (primary N) is 1. The van der Waals surface area contributed by atoms with Crippen LogP contribution in [0.15, 0.2) is 67.0 Å². The van der Waals surface area contributed by atoms with E-state index in [9.17, 15) is 4.79 Å². The lowest BCUT2D eigenvalue weighted by molar-refractivity contribution is -0.684. The number of nitrogens with zero attached hydrogens (tertiary/aromatic N) is 1. The highest BCUT2D eigenvalue weighted by Crippen LogP contribution is 2.20. The Morgan fingerprint density at radius 3 is 2.39 bits per heavy atom. The average molecular weight is 325 g/mol. The number of rotatable bonds is 4. The average Bonchev–Trinajstić information content (AvgIpc) is 2.54. The Labute approximate surface area is 141 Å². The Kier molecular flexibility index (Phi) is 5.50. The van der Waals surface area contributed by atoms with Gasteiger partial charge in [-0.2, -0.15) is 4.57 Å². The zero-order valence-corrected chi connectivity index (χ0v) is 13.3. The van der Waals surface area contributed by atoms with Gasteiger partial charge < -0.3 is 18.1 Å². The number of aromatic nitrogens is 1. The molecule has 3 nitrogen and oxygen atoms in total. The summed E-state index contributed by atoms with van der Waals surface area (Å²) in [5, 5.41) is 2.47. The summed E-state index contributed by atoms with van der Waals surface area (Å²) in [5.74, 6) is -0.343. The molecule has 116 valence electrons. The van der Waals surface area contributed by atoms with Crippen LogP contribution >= 0.6 is 0 Å². The summed E-state index contributed by atoms with van der Waals surface area (Å²) < 4.78 is 1.76. The smallest absolute Gasteiger partial charge is 0.283 e. The van der Waals surface area contributed by atoms with E-state index in [1.807, 2.05) is 30.6 Å². The third-order valence-corrected chi connectivity index (χ3v) is 3.53. The highest BCUT2D eigenvalue weighted by molar-refractivity contribution is 5.92. The monoisotopic (exact) mass is 324 g/mol. The van der Waals surface area contributed by atoms with Gasteiger partial charge in [-0.1, -0.05) is 54.6 Å². The van der Waals surface area contributed by atoms with Crippen LogP contribution in [0.25, 0.3) is 22.9 Å². The predicted molar refractivity (Wildman–Crippen MR) is 88.7 cm³/mol. The SMILES string of the molecule is NC(=O)C[n+]1ccc(/C=C/c2cccc3ccccc23)cc1.[Cl-]. The van der Waals surface area contributed by atoms with Crippen molar-refractivity contribution in [3.05, 3.63) is 78.1 Å². The number of pyridine rings is 1. The predicted octanol–water partition coefficient (Wildman–Crippen LogP) is -0.213. The molecule has 0 aliphatic rings. The van der Waals surface area contributed by atoms with E-state index in [-0.39, 0.29) is 24.9 Å². The number of carbonyl (C=O) groups excluding carboxylic acids is 1. The van der Waals surface area contributed by atoms with E-state index in [0.29, 0.717) is 0 Å². The Morgan fingerprint density at radius 2 is 1.65 bits per heavy atom. The maximum Gasteiger partial charge on any atom is 0.283 e. The normalized spacial score (nSPS) is 10.6. The summed E-state index contributed by atoms with van der Waals surface area (Å²) in [7, 11) is 0. The summed E-state index contributed by atoms with van der Waals surface area (Å²) in [6.45, 7) is 0.202. The summed E-state index contributed by atoms with van der Waals surface area (Å²) in [4.78, 5) is 10.9. The van der Waals surface area contributed by atoms with Crippen LogP contribution in [-0.4, -0.2) is 5.91 Å². The molecule has 0 fully saturated rings. The van der Waals surface area contributed by atoms with Crippen LogP contribution < -0.4 is 22.7 Å². The van der Waals surface area contributed by atoms with E-state index < -0.39 is 0 Å². The van der Waals surface area contributed by atoms with Gasteiger partial charge in [0.25, 0.3) is 5.91 Å². The highest BCUT2D eigenvalue weighted by Gasteiger charge is 2.03. The maximum absolute atomic E-state index is 10.9. The molecule has 0 saturated heterocycles. The van der Waals surface area contributed by atoms with Crippen molar-refractivity contribution in [1.82, 2.24) is 0 Å². The molecule has 1 aromatic heterocycles. The molecular formula is C19H17ClN2O. The van der Waals surface area contributed by atoms with Crippen molar-refractivity contribution in [3.8, 4) is 0 Å². The standard InChI is InChI=1S/C19H16N2O.ClH/c20-19(22)14-21-12-10-15(11-13-21)8-9-17-6-3-5-16-4-1-2-7-18(16)17;/h1-13H,14H2,(H-,20,22);1H/b9-8+;. The van der Waals surface area contributed by atoms with Crippen LogP contribution in [0.4, 0.5) is 0 Å². The van der Waals surface area contributed by atoms with Crippen LogP contribution in [0.1, 0.15) is 11.1 Å². The lowest BCUT2D eigenvalue weighted by atomic mass is 10.0. The summed E-state index contributed by atoms with van der Waals surface area (Å²) in [6.07, 6.45) is 7.88. The van der Waals surface area contributed by atoms with Gasteiger partial charge in [0.15, 0.2) is 12.4 Å². The third-order valence-electron chi connectivity index (χ3n) is 3.53. The van der Waals surface area contributed by atoms with Gasteiger partial charge in [-0.3, -0.25) is 4.79 Å². The van der Waals surface area contributed by atoms with Crippen molar-refractivity contribution in [1.29, 1.82) is 0 Å². The molecule has 1 heterocycles. The van der Waals surface area contributed by atoms with Gasteiger partial charge in [0.2, 0.25) is 6.54 Å². The van der Waals surface area contributed by atoms with Gasteiger partial charge in [-0.05, 0) is 21.9 Å². The Morgan fingerprint density at radius 1 is 0.957 bits per heavy atom. The quantitative estimate of drug-likeness (QED) is 0.663. The first-order valence-electron chi connectivity index (χ1n) is 7.16. The van der Waals surface area contributed by atoms with E-state index in [2.05, 4.69) is 48.6 Å². The van der Waals surface area contributed by atoms with Crippen molar-refractivity contribution in [2.75, 3.05) is 0 Å². The Hall–Kier alpha value is -2.65. The fourth-order valence-electron chi connectivity index (χ4n) is 2.45. The van der Waals surface area contributed by atoms with Gasteiger partial charge in [0.1, 0.15) is 0 Å².